The monoisotopic (exact) mass is 245 g/mol. The molecule has 3 heteroatoms. The Kier molecular flexibility index (Phi) is 3.89. The lowest BCUT2D eigenvalue weighted by Crippen LogP contribution is -2.00. The molecule has 0 aliphatic rings. The van der Waals surface area contributed by atoms with Crippen molar-refractivity contribution in [2.24, 2.45) is 0 Å². The lowest BCUT2D eigenvalue weighted by Gasteiger charge is -2.01. The number of nitrogens with zero attached hydrogens (tertiary/aromatic N) is 1. The predicted molar refractivity (Wildman–Crippen MR) is 68.3 cm³/mol. The summed E-state index contributed by atoms with van der Waals surface area (Å²) in [5, 5.41) is 0.649. The Morgan fingerprint density at radius 1 is 1.06 bits per heavy atom. The third-order valence-corrected chi connectivity index (χ3v) is 2.81. The Morgan fingerprint density at radius 2 is 1.71 bits per heavy atom. The third-order valence-electron chi connectivity index (χ3n) is 2.56. The minimum Gasteiger partial charge on any atom is -0.294 e. The minimum absolute atomic E-state index is 0.137. The van der Waals surface area contributed by atoms with E-state index in [0.717, 1.165) is 12.0 Å². The third kappa shape index (κ3) is 3.40. The molecular formula is C14H12ClNO. The molecule has 0 spiro atoms. The average molecular weight is 246 g/mol. The van der Waals surface area contributed by atoms with Crippen LogP contribution in [0.15, 0.2) is 48.8 Å². The highest BCUT2D eigenvalue weighted by Crippen LogP contribution is 2.12. The number of aromatic nitrogens is 1. The lowest BCUT2D eigenvalue weighted by atomic mass is 10.0. The Hall–Kier alpha value is -1.67. The molecule has 0 radical (unpaired) electrons. The van der Waals surface area contributed by atoms with Crippen molar-refractivity contribution >= 4 is 17.4 Å². The van der Waals surface area contributed by atoms with E-state index in [4.69, 9.17) is 11.6 Å². The van der Waals surface area contributed by atoms with Crippen LogP contribution in [0.25, 0.3) is 0 Å². The van der Waals surface area contributed by atoms with Gasteiger partial charge in [-0.1, -0.05) is 11.6 Å². The van der Waals surface area contributed by atoms with Crippen molar-refractivity contribution in [3.05, 3.63) is 64.9 Å². The average Bonchev–Trinajstić information content (AvgIpc) is 2.38. The normalized spacial score (nSPS) is 10.2. The van der Waals surface area contributed by atoms with Gasteiger partial charge >= 0.3 is 0 Å². The van der Waals surface area contributed by atoms with E-state index in [1.165, 1.54) is 0 Å². The van der Waals surface area contributed by atoms with E-state index in [0.29, 0.717) is 17.0 Å². The zero-order valence-corrected chi connectivity index (χ0v) is 10.0. The van der Waals surface area contributed by atoms with Crippen molar-refractivity contribution in [2.45, 2.75) is 12.8 Å². The number of carbonyl (C=O) groups excluding carboxylic acids is 1. The Labute approximate surface area is 105 Å². The van der Waals surface area contributed by atoms with Gasteiger partial charge < -0.3 is 0 Å². The summed E-state index contributed by atoms with van der Waals surface area (Å²) in [5.41, 5.74) is 1.84. The van der Waals surface area contributed by atoms with Crippen molar-refractivity contribution in [2.75, 3.05) is 0 Å². The molecule has 1 aromatic carbocycles. The molecule has 1 heterocycles. The van der Waals surface area contributed by atoms with Crippen molar-refractivity contribution in [3.8, 4) is 0 Å². The lowest BCUT2D eigenvalue weighted by molar-refractivity contribution is 0.0983. The summed E-state index contributed by atoms with van der Waals surface area (Å²) in [6.07, 6.45) is 4.72. The van der Waals surface area contributed by atoms with Gasteiger partial charge in [0.2, 0.25) is 0 Å². The summed E-state index contributed by atoms with van der Waals surface area (Å²) >= 11 is 5.77. The highest BCUT2D eigenvalue weighted by atomic mass is 35.5. The van der Waals surface area contributed by atoms with Crippen LogP contribution in [0, 0.1) is 0 Å². The SMILES string of the molecule is O=C(CCc1ccncc1)c1ccc(Cl)cc1. The summed E-state index contributed by atoms with van der Waals surface area (Å²) in [7, 11) is 0. The maximum absolute atomic E-state index is 11.9. The summed E-state index contributed by atoms with van der Waals surface area (Å²) in [6, 6.07) is 10.8. The van der Waals surface area contributed by atoms with E-state index in [2.05, 4.69) is 4.98 Å². The molecule has 2 rings (SSSR count). The first-order chi connectivity index (χ1) is 8.25. The predicted octanol–water partition coefficient (Wildman–Crippen LogP) is 3.55. The first-order valence-corrected chi connectivity index (χ1v) is 5.81. The summed E-state index contributed by atoms with van der Waals surface area (Å²) < 4.78 is 0. The van der Waals surface area contributed by atoms with Crippen LogP contribution < -0.4 is 0 Å². The number of aryl methyl sites for hydroxylation is 1. The maximum atomic E-state index is 11.9. The maximum Gasteiger partial charge on any atom is 0.163 e. The van der Waals surface area contributed by atoms with E-state index in [1.807, 2.05) is 12.1 Å². The van der Waals surface area contributed by atoms with Gasteiger partial charge in [0.1, 0.15) is 0 Å². The number of carbonyl (C=O) groups is 1. The number of Topliss-reactive ketones (excluding diaryl/α,β-unsaturated/α-hetero) is 1. The van der Waals surface area contributed by atoms with Crippen LogP contribution in [0.4, 0.5) is 0 Å². The van der Waals surface area contributed by atoms with Gasteiger partial charge in [0, 0.05) is 29.4 Å². The summed E-state index contributed by atoms with van der Waals surface area (Å²) in [4.78, 5) is 15.8. The van der Waals surface area contributed by atoms with Crippen molar-refractivity contribution in [1.29, 1.82) is 0 Å². The van der Waals surface area contributed by atoms with Gasteiger partial charge in [0.15, 0.2) is 5.78 Å². The molecular weight excluding hydrogens is 234 g/mol. The molecule has 2 nitrogen and oxygen atoms in total. The molecule has 0 bridgehead atoms. The van der Waals surface area contributed by atoms with Gasteiger partial charge in [-0.15, -0.1) is 0 Å². The zero-order valence-electron chi connectivity index (χ0n) is 9.27. The first-order valence-electron chi connectivity index (χ1n) is 5.43. The van der Waals surface area contributed by atoms with Crippen LogP contribution in [0.2, 0.25) is 5.02 Å². The van der Waals surface area contributed by atoms with Crippen molar-refractivity contribution in [3.63, 3.8) is 0 Å². The number of ketones is 1. The topological polar surface area (TPSA) is 30.0 Å². The molecule has 86 valence electrons. The number of hydrogen-bond donors (Lipinski definition) is 0. The Morgan fingerprint density at radius 3 is 2.35 bits per heavy atom. The number of benzene rings is 1. The molecule has 2 aromatic rings. The molecule has 0 unspecified atom stereocenters. The van der Waals surface area contributed by atoms with Crippen molar-refractivity contribution < 1.29 is 4.79 Å². The fourth-order valence-corrected chi connectivity index (χ4v) is 1.71. The van der Waals surface area contributed by atoms with Crippen LogP contribution in [0.5, 0.6) is 0 Å². The van der Waals surface area contributed by atoms with Gasteiger partial charge in [-0.05, 0) is 48.4 Å². The molecule has 0 amide bonds. The second kappa shape index (κ2) is 5.60. The fourth-order valence-electron chi connectivity index (χ4n) is 1.59. The molecule has 1 aromatic heterocycles. The molecule has 0 aliphatic heterocycles. The standard InChI is InChI=1S/C14H12ClNO/c15-13-4-2-12(3-5-13)14(17)6-1-11-7-9-16-10-8-11/h2-5,7-10H,1,6H2. The van der Waals surface area contributed by atoms with E-state index in [1.54, 1.807) is 36.7 Å². The van der Waals surface area contributed by atoms with Crippen LogP contribution in [0.3, 0.4) is 0 Å². The quantitative estimate of drug-likeness (QED) is 0.771. The first kappa shape index (κ1) is 11.8. The fraction of sp³-hybridized carbons (Fsp3) is 0.143. The molecule has 0 saturated carbocycles. The van der Waals surface area contributed by atoms with E-state index >= 15 is 0 Å². The van der Waals surface area contributed by atoms with Gasteiger partial charge in [0.05, 0.1) is 0 Å². The number of halogens is 1. The molecule has 0 fully saturated rings. The summed E-state index contributed by atoms with van der Waals surface area (Å²) in [5.74, 6) is 0.137. The van der Waals surface area contributed by atoms with Crippen LogP contribution in [0.1, 0.15) is 22.3 Å². The smallest absolute Gasteiger partial charge is 0.163 e. The molecule has 0 aliphatic carbocycles. The number of rotatable bonds is 4. The van der Waals surface area contributed by atoms with E-state index < -0.39 is 0 Å². The molecule has 0 N–H and O–H groups in total. The molecule has 17 heavy (non-hydrogen) atoms. The van der Waals surface area contributed by atoms with Gasteiger partial charge in [-0.2, -0.15) is 0 Å². The zero-order chi connectivity index (χ0) is 12.1. The van der Waals surface area contributed by atoms with E-state index in [9.17, 15) is 4.79 Å². The van der Waals surface area contributed by atoms with Crippen LogP contribution in [-0.2, 0) is 6.42 Å². The van der Waals surface area contributed by atoms with Crippen molar-refractivity contribution in [1.82, 2.24) is 4.98 Å². The van der Waals surface area contributed by atoms with Gasteiger partial charge in [-0.3, -0.25) is 9.78 Å². The van der Waals surface area contributed by atoms with Crippen LogP contribution in [-0.4, -0.2) is 10.8 Å². The molecule has 0 atom stereocenters. The highest BCUT2D eigenvalue weighted by Gasteiger charge is 2.05. The van der Waals surface area contributed by atoms with Gasteiger partial charge in [-0.25, -0.2) is 0 Å². The minimum atomic E-state index is 0.137. The van der Waals surface area contributed by atoms with Gasteiger partial charge in [0.25, 0.3) is 0 Å². The second-order valence-corrected chi connectivity index (χ2v) is 4.22. The number of pyridine rings is 1. The Bertz CT molecular complexity index is 493. The Balaban J connectivity index is 1.96. The largest absolute Gasteiger partial charge is 0.294 e. The molecule has 0 saturated heterocycles. The number of hydrogen-bond acceptors (Lipinski definition) is 2. The van der Waals surface area contributed by atoms with E-state index in [-0.39, 0.29) is 5.78 Å². The highest BCUT2D eigenvalue weighted by molar-refractivity contribution is 6.30. The van der Waals surface area contributed by atoms with Crippen LogP contribution >= 0.6 is 11.6 Å². The summed E-state index contributed by atoms with van der Waals surface area (Å²) in [6.45, 7) is 0. The second-order valence-electron chi connectivity index (χ2n) is 3.79.